The summed E-state index contributed by atoms with van der Waals surface area (Å²) in [5.74, 6) is 0.444. The predicted molar refractivity (Wildman–Crippen MR) is 236 cm³/mol. The van der Waals surface area contributed by atoms with E-state index in [1.165, 1.54) is 72.1 Å². The molecule has 4 heterocycles. The molecule has 6 aromatic carbocycles. The van der Waals surface area contributed by atoms with E-state index in [2.05, 4.69) is 174 Å². The number of aromatic nitrogens is 2. The smallest absolute Gasteiger partial charge is 0.132 e. The zero-order valence-electron chi connectivity index (χ0n) is 32.0. The number of para-hydroxylation sites is 2. The van der Waals surface area contributed by atoms with Crippen LogP contribution >= 0.6 is 0 Å². The van der Waals surface area contributed by atoms with Crippen molar-refractivity contribution in [1.82, 2.24) is 9.55 Å². The first-order chi connectivity index (χ1) is 28.2. The summed E-state index contributed by atoms with van der Waals surface area (Å²) < 4.78 is 2.42. The molecule has 5 nitrogen and oxygen atoms in total. The van der Waals surface area contributed by atoms with Gasteiger partial charge in [-0.05, 0) is 113 Å². The number of pyridine rings is 1. The van der Waals surface area contributed by atoms with Crippen molar-refractivity contribution >= 4 is 39.4 Å². The van der Waals surface area contributed by atoms with E-state index in [0.717, 1.165) is 42.8 Å². The molecule has 0 fully saturated rings. The Labute approximate surface area is 333 Å². The van der Waals surface area contributed by atoms with Crippen molar-refractivity contribution in [3.05, 3.63) is 192 Å². The third kappa shape index (κ3) is 4.88. The zero-order valence-corrected chi connectivity index (χ0v) is 32.0. The van der Waals surface area contributed by atoms with Gasteiger partial charge in [-0.25, -0.2) is 0 Å². The molecule has 3 unspecified atom stereocenters. The van der Waals surface area contributed by atoms with Gasteiger partial charge < -0.3 is 15.2 Å². The Morgan fingerprint density at radius 1 is 0.737 bits per heavy atom. The molecule has 1 aliphatic carbocycles. The van der Waals surface area contributed by atoms with Gasteiger partial charge in [0.15, 0.2) is 0 Å². The van der Waals surface area contributed by atoms with Crippen molar-refractivity contribution in [3.63, 3.8) is 0 Å². The summed E-state index contributed by atoms with van der Waals surface area (Å²) in [6, 6.07) is 55.3. The van der Waals surface area contributed by atoms with E-state index in [4.69, 9.17) is 15.7 Å². The van der Waals surface area contributed by atoms with Crippen molar-refractivity contribution in [2.24, 2.45) is 10.7 Å². The Morgan fingerprint density at radius 3 is 2.28 bits per heavy atom. The molecule has 3 atom stereocenters. The summed E-state index contributed by atoms with van der Waals surface area (Å²) in [5.41, 5.74) is 22.9. The summed E-state index contributed by atoms with van der Waals surface area (Å²) >= 11 is 0. The first-order valence-corrected chi connectivity index (χ1v) is 20.3. The molecule has 2 N–H and O–H groups in total. The van der Waals surface area contributed by atoms with Crippen LogP contribution in [0.1, 0.15) is 60.9 Å². The van der Waals surface area contributed by atoms with Gasteiger partial charge in [0.05, 0.1) is 16.7 Å². The molecule has 3 aliphatic rings. The zero-order chi connectivity index (χ0) is 38.1. The van der Waals surface area contributed by atoms with E-state index in [9.17, 15) is 0 Å². The predicted octanol–water partition coefficient (Wildman–Crippen LogP) is 12.2. The van der Waals surface area contributed by atoms with Crippen LogP contribution in [0, 0.1) is 0 Å². The van der Waals surface area contributed by atoms with Gasteiger partial charge in [-0.1, -0.05) is 116 Å². The number of allylic oxidation sites excluding steroid dienone is 2. The van der Waals surface area contributed by atoms with Gasteiger partial charge in [0.1, 0.15) is 11.6 Å². The lowest BCUT2D eigenvalue weighted by atomic mass is 9.72. The number of fused-ring (bicyclic) bond motifs is 10. The number of unbranched alkanes of at least 4 members (excludes halogenated alkanes) is 1. The molecule has 276 valence electrons. The maximum Gasteiger partial charge on any atom is 0.132 e. The molecule has 2 aliphatic heterocycles. The van der Waals surface area contributed by atoms with E-state index < -0.39 is 5.41 Å². The van der Waals surface area contributed by atoms with Crippen molar-refractivity contribution in [1.29, 1.82) is 0 Å². The molecule has 0 bridgehead atoms. The SMILES string of the molecule is CCC/C=C(\N)C1(c2ccccn2)c2ccccc2-c2c1ccc1c2c2ccccc2n1-c1ccc(-c2ccc(N3c4ccccc4C4CCC=NC43)cc2)cc1. The van der Waals surface area contributed by atoms with Crippen LogP contribution in [-0.4, -0.2) is 21.9 Å². The number of hydrogen-bond donors (Lipinski definition) is 1. The molecule has 0 amide bonds. The lowest BCUT2D eigenvalue weighted by Gasteiger charge is -2.32. The second-order valence-corrected chi connectivity index (χ2v) is 15.6. The first kappa shape index (κ1) is 33.6. The minimum absolute atomic E-state index is 0.128. The second-order valence-electron chi connectivity index (χ2n) is 15.6. The molecular formula is C52H43N5. The molecular weight excluding hydrogens is 695 g/mol. The third-order valence-electron chi connectivity index (χ3n) is 12.7. The Kier molecular flexibility index (Phi) is 7.78. The number of aliphatic imine (C=N–C) groups is 1. The average Bonchev–Trinajstić information content (AvgIpc) is 3.90. The monoisotopic (exact) mass is 737 g/mol. The van der Waals surface area contributed by atoms with E-state index in [1.807, 2.05) is 12.3 Å². The number of hydrogen-bond acceptors (Lipinski definition) is 4. The average molecular weight is 738 g/mol. The highest BCUT2D eigenvalue weighted by Gasteiger charge is 2.49. The van der Waals surface area contributed by atoms with E-state index in [0.29, 0.717) is 5.92 Å². The number of rotatable bonds is 7. The first-order valence-electron chi connectivity index (χ1n) is 20.3. The molecule has 0 saturated carbocycles. The van der Waals surface area contributed by atoms with E-state index in [-0.39, 0.29) is 6.17 Å². The lowest BCUT2D eigenvalue weighted by molar-refractivity contribution is 0.531. The van der Waals surface area contributed by atoms with Crippen LogP contribution in [0.4, 0.5) is 11.4 Å². The normalized spacial score (nSPS) is 19.5. The van der Waals surface area contributed by atoms with Gasteiger partial charge >= 0.3 is 0 Å². The summed E-state index contributed by atoms with van der Waals surface area (Å²) in [4.78, 5) is 12.4. The van der Waals surface area contributed by atoms with Crippen LogP contribution in [0.3, 0.4) is 0 Å². The van der Waals surface area contributed by atoms with Gasteiger partial charge in [-0.3, -0.25) is 9.98 Å². The highest BCUT2D eigenvalue weighted by Crippen LogP contribution is 2.58. The minimum Gasteiger partial charge on any atom is -0.401 e. The van der Waals surface area contributed by atoms with Crippen LogP contribution in [0.5, 0.6) is 0 Å². The Bertz CT molecular complexity index is 2880. The molecule has 11 rings (SSSR count). The van der Waals surface area contributed by atoms with Crippen LogP contribution in [-0.2, 0) is 5.41 Å². The van der Waals surface area contributed by atoms with Gasteiger partial charge in [0.25, 0.3) is 0 Å². The summed E-state index contributed by atoms with van der Waals surface area (Å²) in [6.07, 6.45) is 10.5. The van der Waals surface area contributed by atoms with Gasteiger partial charge in [0.2, 0.25) is 0 Å². The Hall–Kier alpha value is -6.72. The number of nitrogens with two attached hydrogens (primary N) is 1. The Morgan fingerprint density at radius 2 is 1.47 bits per heavy atom. The van der Waals surface area contributed by atoms with Gasteiger partial charge in [-0.15, -0.1) is 0 Å². The highest BCUT2D eigenvalue weighted by molar-refractivity contribution is 6.18. The minimum atomic E-state index is -0.694. The van der Waals surface area contributed by atoms with Crippen molar-refractivity contribution in [2.75, 3.05) is 4.90 Å². The Balaban J connectivity index is 1.02. The highest BCUT2D eigenvalue weighted by atomic mass is 15.3. The molecule has 8 aromatic rings. The summed E-state index contributed by atoms with van der Waals surface area (Å²) in [6.45, 7) is 2.20. The van der Waals surface area contributed by atoms with Crippen LogP contribution in [0.25, 0.3) is 49.7 Å². The number of nitrogens with zero attached hydrogens (tertiary/aromatic N) is 4. The van der Waals surface area contributed by atoms with Gasteiger partial charge in [0, 0.05) is 51.9 Å². The molecule has 57 heavy (non-hydrogen) atoms. The standard InChI is InChI=1S/C52H43N5/c1-2-3-20-47(53)52(48-21-10-11-32-54-48)42-17-7-4-14-40(42)49-43(52)30-31-46-50(49)41-15-6-9-19-45(41)56(46)36-26-22-34(23-27-36)35-24-28-37(29-25-35)57-44-18-8-5-13-38(44)39-16-12-33-55-51(39)57/h4-11,13-15,17-33,39,51H,2-3,12,16,53H2,1H3/b47-20-. The largest absolute Gasteiger partial charge is 0.401 e. The maximum absolute atomic E-state index is 7.27. The van der Waals surface area contributed by atoms with E-state index in [1.54, 1.807) is 0 Å². The molecule has 5 heteroatoms. The molecule has 0 radical (unpaired) electrons. The topological polar surface area (TPSA) is 59.4 Å². The molecule has 0 spiro atoms. The van der Waals surface area contributed by atoms with Gasteiger partial charge in [-0.2, -0.15) is 0 Å². The van der Waals surface area contributed by atoms with Crippen molar-refractivity contribution in [3.8, 4) is 27.9 Å². The van der Waals surface area contributed by atoms with Crippen molar-refractivity contribution in [2.45, 2.75) is 50.1 Å². The second kappa shape index (κ2) is 13.2. The van der Waals surface area contributed by atoms with Crippen LogP contribution < -0.4 is 10.6 Å². The molecule has 2 aromatic heterocycles. The number of benzene rings is 6. The third-order valence-corrected chi connectivity index (χ3v) is 12.7. The fraction of sp³-hybridized carbons (Fsp3) is 0.154. The maximum atomic E-state index is 7.27. The van der Waals surface area contributed by atoms with Crippen LogP contribution in [0.15, 0.2) is 175 Å². The lowest BCUT2D eigenvalue weighted by Crippen LogP contribution is -2.34. The fourth-order valence-corrected chi connectivity index (χ4v) is 10.2. The van der Waals surface area contributed by atoms with E-state index >= 15 is 0 Å². The summed E-state index contributed by atoms with van der Waals surface area (Å²) in [5, 5.41) is 2.46. The fourth-order valence-electron chi connectivity index (χ4n) is 10.2. The van der Waals surface area contributed by atoms with Crippen LogP contribution in [0.2, 0.25) is 0 Å². The number of anilines is 2. The van der Waals surface area contributed by atoms with Crippen molar-refractivity contribution < 1.29 is 0 Å². The quantitative estimate of drug-likeness (QED) is 0.177. The summed E-state index contributed by atoms with van der Waals surface area (Å²) in [7, 11) is 0. The molecule has 0 saturated heterocycles.